The molecule has 2 rings (SSSR count). The molecular formula is C13H17F3N2. The second-order valence-electron chi connectivity index (χ2n) is 4.64. The van der Waals surface area contributed by atoms with Crippen LogP contribution in [0.4, 0.5) is 13.2 Å². The van der Waals surface area contributed by atoms with Gasteiger partial charge in [-0.15, -0.1) is 0 Å². The highest BCUT2D eigenvalue weighted by Gasteiger charge is 2.44. The van der Waals surface area contributed by atoms with Crippen molar-refractivity contribution in [1.82, 2.24) is 10.2 Å². The zero-order chi connectivity index (χ0) is 13.2. The van der Waals surface area contributed by atoms with Crippen LogP contribution in [0.15, 0.2) is 24.3 Å². The number of alkyl halides is 3. The van der Waals surface area contributed by atoms with Gasteiger partial charge in [0.15, 0.2) is 0 Å². The second kappa shape index (κ2) is 5.28. The maximum atomic E-state index is 13.2. The number of rotatable bonds is 2. The van der Waals surface area contributed by atoms with Crippen molar-refractivity contribution in [2.75, 3.05) is 26.2 Å². The van der Waals surface area contributed by atoms with E-state index in [2.05, 4.69) is 5.32 Å². The van der Waals surface area contributed by atoms with Crippen molar-refractivity contribution in [3.8, 4) is 0 Å². The van der Waals surface area contributed by atoms with Crippen molar-refractivity contribution in [2.45, 2.75) is 19.1 Å². The molecule has 1 N–H and O–H groups in total. The van der Waals surface area contributed by atoms with Gasteiger partial charge in [-0.05, 0) is 12.5 Å². The minimum Gasteiger partial charge on any atom is -0.314 e. The van der Waals surface area contributed by atoms with Gasteiger partial charge in [0, 0.05) is 26.2 Å². The molecule has 1 atom stereocenters. The Bertz CT molecular complexity index is 380. The third kappa shape index (κ3) is 3.03. The molecule has 1 saturated heterocycles. The number of aryl methyl sites for hydroxylation is 1. The number of hydrogen-bond donors (Lipinski definition) is 1. The average Bonchev–Trinajstić information content (AvgIpc) is 2.32. The number of halogens is 3. The van der Waals surface area contributed by atoms with Gasteiger partial charge in [-0.3, -0.25) is 4.90 Å². The summed E-state index contributed by atoms with van der Waals surface area (Å²) in [6.45, 7) is 3.95. The van der Waals surface area contributed by atoms with Crippen molar-refractivity contribution in [3.63, 3.8) is 0 Å². The summed E-state index contributed by atoms with van der Waals surface area (Å²) in [4.78, 5) is 1.50. The summed E-state index contributed by atoms with van der Waals surface area (Å²) in [6.07, 6.45) is -4.23. The molecular weight excluding hydrogens is 241 g/mol. The van der Waals surface area contributed by atoms with Crippen LogP contribution < -0.4 is 5.32 Å². The average molecular weight is 258 g/mol. The SMILES string of the molecule is Cc1ccc([C@H](N2CCNCC2)C(F)(F)F)cc1. The normalized spacial score (nSPS) is 19.8. The van der Waals surface area contributed by atoms with E-state index in [4.69, 9.17) is 0 Å². The fourth-order valence-electron chi connectivity index (χ4n) is 2.30. The summed E-state index contributed by atoms with van der Waals surface area (Å²) in [5, 5.41) is 3.07. The van der Waals surface area contributed by atoms with Gasteiger partial charge in [0.2, 0.25) is 0 Å². The van der Waals surface area contributed by atoms with E-state index in [1.165, 1.54) is 4.90 Å². The molecule has 1 aromatic carbocycles. The van der Waals surface area contributed by atoms with Gasteiger partial charge in [0.25, 0.3) is 0 Å². The zero-order valence-electron chi connectivity index (χ0n) is 10.3. The van der Waals surface area contributed by atoms with Gasteiger partial charge < -0.3 is 5.32 Å². The first kappa shape index (κ1) is 13.4. The largest absolute Gasteiger partial charge is 0.408 e. The van der Waals surface area contributed by atoms with Crippen LogP contribution in [0.3, 0.4) is 0 Å². The fourth-order valence-corrected chi connectivity index (χ4v) is 2.30. The zero-order valence-corrected chi connectivity index (χ0v) is 10.3. The Morgan fingerprint density at radius 1 is 1.11 bits per heavy atom. The molecule has 1 fully saturated rings. The summed E-state index contributed by atoms with van der Waals surface area (Å²) < 4.78 is 39.7. The van der Waals surface area contributed by atoms with Gasteiger partial charge in [-0.1, -0.05) is 29.8 Å². The van der Waals surface area contributed by atoms with Crippen LogP contribution in [-0.2, 0) is 0 Å². The van der Waals surface area contributed by atoms with Gasteiger partial charge in [0.1, 0.15) is 6.04 Å². The predicted octanol–water partition coefficient (Wildman–Crippen LogP) is 2.50. The Balaban J connectivity index is 2.27. The molecule has 0 saturated carbocycles. The number of piperazine rings is 1. The highest BCUT2D eigenvalue weighted by molar-refractivity contribution is 5.25. The van der Waals surface area contributed by atoms with Gasteiger partial charge in [-0.2, -0.15) is 13.2 Å². The Morgan fingerprint density at radius 3 is 2.17 bits per heavy atom. The van der Waals surface area contributed by atoms with E-state index in [-0.39, 0.29) is 0 Å². The Labute approximate surface area is 105 Å². The van der Waals surface area contributed by atoms with Crippen molar-refractivity contribution < 1.29 is 13.2 Å². The van der Waals surface area contributed by atoms with Crippen LogP contribution >= 0.6 is 0 Å². The van der Waals surface area contributed by atoms with Crippen molar-refractivity contribution >= 4 is 0 Å². The highest BCUT2D eigenvalue weighted by atomic mass is 19.4. The van der Waals surface area contributed by atoms with Gasteiger partial charge in [-0.25, -0.2) is 0 Å². The van der Waals surface area contributed by atoms with E-state index in [1.807, 2.05) is 6.92 Å². The van der Waals surface area contributed by atoms with E-state index in [0.29, 0.717) is 31.7 Å². The summed E-state index contributed by atoms with van der Waals surface area (Å²) in [5.74, 6) is 0. The van der Waals surface area contributed by atoms with E-state index >= 15 is 0 Å². The number of benzene rings is 1. The summed E-state index contributed by atoms with van der Waals surface area (Å²) in [5.41, 5.74) is 1.30. The lowest BCUT2D eigenvalue weighted by molar-refractivity contribution is -0.187. The highest BCUT2D eigenvalue weighted by Crippen LogP contribution is 2.37. The molecule has 5 heteroatoms. The molecule has 0 aromatic heterocycles. The third-order valence-electron chi connectivity index (χ3n) is 3.22. The minimum atomic E-state index is -4.23. The van der Waals surface area contributed by atoms with E-state index in [1.54, 1.807) is 24.3 Å². The predicted molar refractivity (Wildman–Crippen MR) is 64.4 cm³/mol. The maximum Gasteiger partial charge on any atom is 0.408 e. The molecule has 2 nitrogen and oxygen atoms in total. The third-order valence-corrected chi connectivity index (χ3v) is 3.22. The van der Waals surface area contributed by atoms with Crippen LogP contribution in [0, 0.1) is 6.92 Å². The van der Waals surface area contributed by atoms with Crippen molar-refractivity contribution in [2.24, 2.45) is 0 Å². The molecule has 0 spiro atoms. The number of nitrogens with one attached hydrogen (secondary N) is 1. The molecule has 0 aliphatic carbocycles. The lowest BCUT2D eigenvalue weighted by Crippen LogP contribution is -2.49. The molecule has 100 valence electrons. The monoisotopic (exact) mass is 258 g/mol. The first-order chi connectivity index (χ1) is 8.48. The molecule has 1 aromatic rings. The number of nitrogens with zero attached hydrogens (tertiary/aromatic N) is 1. The lowest BCUT2D eigenvalue weighted by atomic mass is 10.0. The molecule has 1 heterocycles. The quantitative estimate of drug-likeness (QED) is 0.876. The summed E-state index contributed by atoms with van der Waals surface area (Å²) in [6, 6.07) is 5.14. The number of hydrogen-bond acceptors (Lipinski definition) is 2. The van der Waals surface area contributed by atoms with Gasteiger partial charge in [0.05, 0.1) is 0 Å². The molecule has 0 amide bonds. The Hall–Kier alpha value is -1.07. The fraction of sp³-hybridized carbons (Fsp3) is 0.538. The van der Waals surface area contributed by atoms with E-state index in [0.717, 1.165) is 5.56 Å². The van der Waals surface area contributed by atoms with Crippen LogP contribution in [0.2, 0.25) is 0 Å². The second-order valence-corrected chi connectivity index (χ2v) is 4.64. The molecule has 1 aliphatic rings. The van der Waals surface area contributed by atoms with Crippen LogP contribution in [-0.4, -0.2) is 37.3 Å². The first-order valence-electron chi connectivity index (χ1n) is 6.06. The van der Waals surface area contributed by atoms with Gasteiger partial charge >= 0.3 is 6.18 Å². The van der Waals surface area contributed by atoms with Crippen molar-refractivity contribution in [3.05, 3.63) is 35.4 Å². The van der Waals surface area contributed by atoms with Crippen LogP contribution in [0.1, 0.15) is 17.2 Å². The minimum absolute atomic E-state index is 0.329. The van der Waals surface area contributed by atoms with E-state index in [9.17, 15) is 13.2 Å². The van der Waals surface area contributed by atoms with Crippen LogP contribution in [0.5, 0.6) is 0 Å². The summed E-state index contributed by atoms with van der Waals surface area (Å²) in [7, 11) is 0. The lowest BCUT2D eigenvalue weighted by Gasteiger charge is -2.36. The van der Waals surface area contributed by atoms with E-state index < -0.39 is 12.2 Å². The van der Waals surface area contributed by atoms with Crippen molar-refractivity contribution in [1.29, 1.82) is 0 Å². The maximum absolute atomic E-state index is 13.2. The Kier molecular flexibility index (Phi) is 3.92. The molecule has 0 radical (unpaired) electrons. The summed E-state index contributed by atoms with van der Waals surface area (Å²) >= 11 is 0. The molecule has 0 unspecified atom stereocenters. The molecule has 0 bridgehead atoms. The first-order valence-corrected chi connectivity index (χ1v) is 6.06. The topological polar surface area (TPSA) is 15.3 Å². The Morgan fingerprint density at radius 2 is 1.67 bits per heavy atom. The smallest absolute Gasteiger partial charge is 0.314 e. The van der Waals surface area contributed by atoms with Crippen LogP contribution in [0.25, 0.3) is 0 Å². The molecule has 1 aliphatic heterocycles. The molecule has 18 heavy (non-hydrogen) atoms. The standard InChI is InChI=1S/C13H17F3N2/c1-10-2-4-11(5-3-10)12(13(14,15)16)18-8-6-17-7-9-18/h2-5,12,17H,6-9H2,1H3/t12-/m0/s1.